The maximum atomic E-state index is 11.2. The number of nitrogens with one attached hydrogen (secondary N) is 1. The third kappa shape index (κ3) is 3.18. The predicted molar refractivity (Wildman–Crippen MR) is 61.7 cm³/mol. The molecule has 0 unspecified atom stereocenters. The largest absolute Gasteiger partial charge is 0.465 e. The molecule has 94 valence electrons. The maximum absolute atomic E-state index is 11.2. The summed E-state index contributed by atoms with van der Waals surface area (Å²) in [6.07, 6.45) is 6.93. The summed E-state index contributed by atoms with van der Waals surface area (Å²) in [6, 6.07) is 0.188. The summed E-state index contributed by atoms with van der Waals surface area (Å²) < 4.78 is 0. The van der Waals surface area contributed by atoms with Gasteiger partial charge in [-0.25, -0.2) is 4.79 Å². The molecule has 1 aromatic rings. The highest BCUT2D eigenvalue weighted by molar-refractivity contribution is 5.65. The Hall–Kier alpha value is -1.59. The summed E-state index contributed by atoms with van der Waals surface area (Å²) in [5.74, 6) is 0. The highest BCUT2D eigenvalue weighted by atomic mass is 16.4. The van der Waals surface area contributed by atoms with E-state index in [1.54, 1.807) is 11.1 Å². The van der Waals surface area contributed by atoms with Crippen LogP contribution >= 0.6 is 0 Å². The van der Waals surface area contributed by atoms with Crippen LogP contribution in [0.15, 0.2) is 6.20 Å². The highest BCUT2D eigenvalue weighted by Gasteiger charge is 2.24. The Labute approximate surface area is 100 Å². The van der Waals surface area contributed by atoms with E-state index in [4.69, 9.17) is 0 Å². The van der Waals surface area contributed by atoms with E-state index >= 15 is 0 Å². The molecule has 1 heterocycles. The molecule has 0 saturated heterocycles. The molecule has 0 aromatic carbocycles. The predicted octanol–water partition coefficient (Wildman–Crippen LogP) is 1.66. The van der Waals surface area contributed by atoms with Crippen LogP contribution in [0, 0.1) is 0 Å². The lowest BCUT2D eigenvalue weighted by atomic mass is 9.94. The number of rotatable bonds is 4. The summed E-state index contributed by atoms with van der Waals surface area (Å²) in [4.78, 5) is 12.8. The van der Waals surface area contributed by atoms with Gasteiger partial charge in [-0.05, 0) is 12.8 Å². The molecule has 6 nitrogen and oxygen atoms in total. The zero-order valence-electron chi connectivity index (χ0n) is 9.80. The van der Waals surface area contributed by atoms with Gasteiger partial charge >= 0.3 is 6.09 Å². The van der Waals surface area contributed by atoms with Gasteiger partial charge in [0.2, 0.25) is 0 Å². The molecule has 0 bridgehead atoms. The molecular weight excluding hydrogens is 220 g/mol. The van der Waals surface area contributed by atoms with Crippen molar-refractivity contribution in [1.82, 2.24) is 20.3 Å². The summed E-state index contributed by atoms with van der Waals surface area (Å²) in [5.41, 5.74) is 0.812. The van der Waals surface area contributed by atoms with Crippen molar-refractivity contribution < 1.29 is 9.90 Å². The smallest absolute Gasteiger partial charge is 0.407 e. The normalized spacial score (nSPS) is 16.9. The number of carboxylic acid groups (broad SMARTS) is 1. The van der Waals surface area contributed by atoms with Gasteiger partial charge in [-0.15, -0.1) is 0 Å². The third-order valence-electron chi connectivity index (χ3n) is 3.33. The standard InChI is InChI=1S/C11H18N4O2/c16-11(17)15(10-4-2-1-3-5-10)7-6-9-8-12-14-13-9/h8,10H,1-7H2,(H,16,17)(H,12,13,14). The van der Waals surface area contributed by atoms with Crippen molar-refractivity contribution in [3.8, 4) is 0 Å². The van der Waals surface area contributed by atoms with E-state index in [0.29, 0.717) is 13.0 Å². The number of amides is 1. The van der Waals surface area contributed by atoms with Crippen molar-refractivity contribution in [3.63, 3.8) is 0 Å². The van der Waals surface area contributed by atoms with Crippen molar-refractivity contribution >= 4 is 6.09 Å². The second-order valence-corrected chi connectivity index (χ2v) is 4.48. The zero-order valence-corrected chi connectivity index (χ0v) is 9.80. The molecule has 6 heteroatoms. The highest BCUT2D eigenvalue weighted by Crippen LogP contribution is 2.22. The molecular formula is C11H18N4O2. The average molecular weight is 238 g/mol. The van der Waals surface area contributed by atoms with Crippen molar-refractivity contribution in [2.45, 2.75) is 44.6 Å². The summed E-state index contributed by atoms with van der Waals surface area (Å²) in [7, 11) is 0. The molecule has 0 radical (unpaired) electrons. The fraction of sp³-hybridized carbons (Fsp3) is 0.727. The molecule has 1 amide bonds. The SMILES string of the molecule is O=C(O)N(CCc1cn[nH]n1)C1CCCCC1. The van der Waals surface area contributed by atoms with Crippen molar-refractivity contribution in [2.24, 2.45) is 0 Å². The Morgan fingerprint density at radius 1 is 1.47 bits per heavy atom. The van der Waals surface area contributed by atoms with Crippen LogP contribution in [0.2, 0.25) is 0 Å². The monoisotopic (exact) mass is 238 g/mol. The van der Waals surface area contributed by atoms with Crippen molar-refractivity contribution in [3.05, 3.63) is 11.9 Å². The van der Waals surface area contributed by atoms with Gasteiger partial charge in [0.05, 0.1) is 11.9 Å². The van der Waals surface area contributed by atoms with Crippen LogP contribution < -0.4 is 0 Å². The van der Waals surface area contributed by atoms with E-state index in [9.17, 15) is 9.90 Å². The molecule has 1 aromatic heterocycles. The van der Waals surface area contributed by atoms with Crippen LogP contribution in [-0.2, 0) is 6.42 Å². The summed E-state index contributed by atoms with van der Waals surface area (Å²) in [6.45, 7) is 0.506. The van der Waals surface area contributed by atoms with E-state index in [1.807, 2.05) is 0 Å². The minimum atomic E-state index is -0.819. The Kier molecular flexibility index (Phi) is 3.95. The lowest BCUT2D eigenvalue weighted by Gasteiger charge is -2.32. The first kappa shape index (κ1) is 11.9. The lowest BCUT2D eigenvalue weighted by Crippen LogP contribution is -2.41. The first-order chi connectivity index (χ1) is 8.27. The van der Waals surface area contributed by atoms with Gasteiger partial charge in [0.1, 0.15) is 0 Å². The second kappa shape index (κ2) is 5.65. The number of hydrogen-bond donors (Lipinski definition) is 2. The number of aromatic amines is 1. The van der Waals surface area contributed by atoms with Crippen LogP contribution in [0.5, 0.6) is 0 Å². The van der Waals surface area contributed by atoms with Crippen LogP contribution in [0.4, 0.5) is 4.79 Å². The van der Waals surface area contributed by atoms with Gasteiger partial charge in [0, 0.05) is 19.0 Å². The first-order valence-corrected chi connectivity index (χ1v) is 6.11. The Balaban J connectivity index is 1.90. The van der Waals surface area contributed by atoms with E-state index in [0.717, 1.165) is 31.4 Å². The quantitative estimate of drug-likeness (QED) is 0.835. The minimum Gasteiger partial charge on any atom is -0.465 e. The van der Waals surface area contributed by atoms with E-state index in [2.05, 4.69) is 15.4 Å². The van der Waals surface area contributed by atoms with E-state index in [1.165, 1.54) is 6.42 Å². The Morgan fingerprint density at radius 3 is 2.82 bits per heavy atom. The Morgan fingerprint density at radius 2 is 2.24 bits per heavy atom. The molecule has 2 N–H and O–H groups in total. The van der Waals surface area contributed by atoms with Gasteiger partial charge in [-0.1, -0.05) is 19.3 Å². The zero-order chi connectivity index (χ0) is 12.1. The number of nitrogens with zero attached hydrogens (tertiary/aromatic N) is 3. The van der Waals surface area contributed by atoms with Gasteiger partial charge in [0.15, 0.2) is 0 Å². The average Bonchev–Trinajstić information content (AvgIpc) is 2.83. The Bertz CT molecular complexity index is 346. The van der Waals surface area contributed by atoms with E-state index < -0.39 is 6.09 Å². The lowest BCUT2D eigenvalue weighted by molar-refractivity contribution is 0.111. The maximum Gasteiger partial charge on any atom is 0.407 e. The number of H-pyrrole nitrogens is 1. The van der Waals surface area contributed by atoms with Crippen LogP contribution in [0.25, 0.3) is 0 Å². The van der Waals surface area contributed by atoms with Crippen molar-refractivity contribution in [2.75, 3.05) is 6.54 Å². The molecule has 2 rings (SSSR count). The fourth-order valence-corrected chi connectivity index (χ4v) is 2.41. The molecule has 1 aliphatic rings. The molecule has 1 fully saturated rings. The minimum absolute atomic E-state index is 0.188. The van der Waals surface area contributed by atoms with Gasteiger partial charge in [-0.3, -0.25) is 0 Å². The van der Waals surface area contributed by atoms with Gasteiger partial charge < -0.3 is 10.0 Å². The van der Waals surface area contributed by atoms with Crippen LogP contribution in [-0.4, -0.2) is 44.1 Å². The van der Waals surface area contributed by atoms with Crippen LogP contribution in [0.3, 0.4) is 0 Å². The molecule has 1 aliphatic carbocycles. The van der Waals surface area contributed by atoms with Crippen molar-refractivity contribution in [1.29, 1.82) is 0 Å². The molecule has 0 aliphatic heterocycles. The summed E-state index contributed by atoms with van der Waals surface area (Å²) in [5, 5.41) is 19.4. The fourth-order valence-electron chi connectivity index (χ4n) is 2.41. The first-order valence-electron chi connectivity index (χ1n) is 6.11. The molecule has 0 atom stereocenters. The second-order valence-electron chi connectivity index (χ2n) is 4.48. The molecule has 17 heavy (non-hydrogen) atoms. The number of aromatic nitrogens is 3. The van der Waals surface area contributed by atoms with Gasteiger partial charge in [-0.2, -0.15) is 15.4 Å². The topological polar surface area (TPSA) is 82.1 Å². The number of carbonyl (C=O) groups is 1. The summed E-state index contributed by atoms with van der Waals surface area (Å²) >= 11 is 0. The third-order valence-corrected chi connectivity index (χ3v) is 3.33. The number of hydrogen-bond acceptors (Lipinski definition) is 3. The molecule has 1 saturated carbocycles. The van der Waals surface area contributed by atoms with Crippen LogP contribution in [0.1, 0.15) is 37.8 Å². The molecule has 0 spiro atoms. The van der Waals surface area contributed by atoms with Gasteiger partial charge in [0.25, 0.3) is 0 Å². The van der Waals surface area contributed by atoms with E-state index in [-0.39, 0.29) is 6.04 Å².